The minimum Gasteiger partial charge on any atom is -0.406 e. The molecule has 7 heteroatoms. The molecule has 0 aromatic heterocycles. The summed E-state index contributed by atoms with van der Waals surface area (Å²) >= 11 is 0. The zero-order chi connectivity index (χ0) is 23.5. The van der Waals surface area contributed by atoms with Crippen LogP contribution in [0.25, 0.3) is 0 Å². The van der Waals surface area contributed by atoms with Crippen LogP contribution in [0, 0.1) is 11.6 Å². The Labute approximate surface area is 191 Å². The molecule has 1 atom stereocenters. The van der Waals surface area contributed by atoms with E-state index in [4.69, 9.17) is 4.74 Å². The molecule has 2 nitrogen and oxygen atoms in total. The minimum absolute atomic E-state index is 0.207. The van der Waals surface area contributed by atoms with Crippen LogP contribution in [0.1, 0.15) is 68.9 Å². The van der Waals surface area contributed by atoms with E-state index in [-0.39, 0.29) is 16.8 Å². The molecule has 2 aromatic rings. The Morgan fingerprint density at radius 3 is 2.33 bits per heavy atom. The summed E-state index contributed by atoms with van der Waals surface area (Å²) in [6.07, 6.45) is 3.71. The lowest BCUT2D eigenvalue weighted by molar-refractivity contribution is -0.274. The normalized spacial score (nSPS) is 22.6. The van der Waals surface area contributed by atoms with Crippen molar-refractivity contribution < 1.29 is 31.4 Å². The molecule has 1 spiro atoms. The predicted molar refractivity (Wildman–Crippen MR) is 115 cm³/mol. The molecule has 180 valence electrons. The Hall–Kier alpha value is -2.15. The van der Waals surface area contributed by atoms with E-state index < -0.39 is 18.0 Å². The van der Waals surface area contributed by atoms with Crippen molar-refractivity contribution in [1.29, 1.82) is 0 Å². The number of halogens is 5. The van der Waals surface area contributed by atoms with Gasteiger partial charge in [-0.05, 0) is 80.3 Å². The lowest BCUT2D eigenvalue weighted by Gasteiger charge is -2.47. The van der Waals surface area contributed by atoms with Gasteiger partial charge in [0.2, 0.25) is 0 Å². The molecule has 4 rings (SSSR count). The van der Waals surface area contributed by atoms with Gasteiger partial charge in [-0.15, -0.1) is 13.2 Å². The first-order valence-electron chi connectivity index (χ1n) is 11.6. The smallest absolute Gasteiger partial charge is 0.406 e. The molecule has 0 N–H and O–H groups in total. The topological polar surface area (TPSA) is 18.5 Å². The zero-order valence-corrected chi connectivity index (χ0v) is 18.5. The number of rotatable bonds is 7. The molecule has 0 bridgehead atoms. The Morgan fingerprint density at radius 1 is 0.909 bits per heavy atom. The second-order valence-corrected chi connectivity index (χ2v) is 9.51. The number of unbranched alkanes of at least 4 members (excludes halogenated alkanes) is 1. The van der Waals surface area contributed by atoms with E-state index in [1.807, 2.05) is 6.07 Å². The standard InChI is InChI=1S/C26H29F5O2/c27-21-14-19(15-22(28)17-21)6-1-2-9-24(12-13-32-25(18-24)10-3-4-11-25)20-7-5-8-23(16-20)33-26(29,30)31/h5,7-8,14-17H,1-4,6,9-13,18H2/t24-/m1/s1. The van der Waals surface area contributed by atoms with Gasteiger partial charge in [0.05, 0.1) is 5.60 Å². The maximum Gasteiger partial charge on any atom is 0.573 e. The summed E-state index contributed by atoms with van der Waals surface area (Å²) in [5.41, 5.74) is 0.919. The first-order chi connectivity index (χ1) is 15.7. The van der Waals surface area contributed by atoms with Gasteiger partial charge < -0.3 is 9.47 Å². The van der Waals surface area contributed by atoms with Gasteiger partial charge in [-0.3, -0.25) is 0 Å². The molecule has 2 aromatic carbocycles. The number of hydrogen-bond donors (Lipinski definition) is 0. The van der Waals surface area contributed by atoms with Crippen molar-refractivity contribution in [3.05, 3.63) is 65.2 Å². The van der Waals surface area contributed by atoms with Crippen molar-refractivity contribution in [2.75, 3.05) is 6.61 Å². The molecule has 1 aliphatic carbocycles. The van der Waals surface area contributed by atoms with Crippen LogP contribution in [0.5, 0.6) is 5.75 Å². The number of ether oxygens (including phenoxy) is 2. The van der Waals surface area contributed by atoms with Crippen LogP contribution in [0.3, 0.4) is 0 Å². The zero-order valence-electron chi connectivity index (χ0n) is 18.5. The van der Waals surface area contributed by atoms with Crippen LogP contribution < -0.4 is 4.74 Å². The molecule has 2 fully saturated rings. The Bertz CT molecular complexity index is 932. The summed E-state index contributed by atoms with van der Waals surface area (Å²) in [4.78, 5) is 0. The van der Waals surface area contributed by atoms with E-state index in [9.17, 15) is 22.0 Å². The summed E-state index contributed by atoms with van der Waals surface area (Å²) in [6, 6.07) is 9.90. The van der Waals surface area contributed by atoms with Crippen molar-refractivity contribution in [1.82, 2.24) is 0 Å². The summed E-state index contributed by atoms with van der Waals surface area (Å²) in [5.74, 6) is -1.38. The summed E-state index contributed by atoms with van der Waals surface area (Å²) in [7, 11) is 0. The molecule has 33 heavy (non-hydrogen) atoms. The summed E-state index contributed by atoms with van der Waals surface area (Å²) in [6.45, 7) is 0.569. The van der Waals surface area contributed by atoms with Crippen LogP contribution in [0.2, 0.25) is 0 Å². The van der Waals surface area contributed by atoms with Crippen LogP contribution in [0.4, 0.5) is 22.0 Å². The Balaban J connectivity index is 1.53. The third-order valence-electron chi connectivity index (χ3n) is 7.14. The van der Waals surface area contributed by atoms with E-state index in [0.717, 1.165) is 69.4 Å². The number of alkyl halides is 3. The van der Waals surface area contributed by atoms with Crippen molar-refractivity contribution in [2.45, 2.75) is 81.6 Å². The van der Waals surface area contributed by atoms with Crippen LogP contribution in [-0.4, -0.2) is 18.6 Å². The van der Waals surface area contributed by atoms with E-state index in [1.54, 1.807) is 6.07 Å². The highest BCUT2D eigenvalue weighted by molar-refractivity contribution is 5.35. The average Bonchev–Trinajstić information content (AvgIpc) is 3.17. The number of hydrogen-bond acceptors (Lipinski definition) is 2. The van der Waals surface area contributed by atoms with Crippen LogP contribution >= 0.6 is 0 Å². The number of aryl methyl sites for hydroxylation is 1. The lowest BCUT2D eigenvalue weighted by atomic mass is 9.65. The molecule has 1 saturated carbocycles. The van der Waals surface area contributed by atoms with Crippen molar-refractivity contribution >= 4 is 0 Å². The maximum absolute atomic E-state index is 13.5. The van der Waals surface area contributed by atoms with Gasteiger partial charge in [-0.25, -0.2) is 8.78 Å². The first kappa shape index (κ1) is 24.0. The van der Waals surface area contributed by atoms with E-state index in [1.165, 1.54) is 24.3 Å². The molecule has 0 radical (unpaired) electrons. The fraction of sp³-hybridized carbons (Fsp3) is 0.538. The fourth-order valence-corrected chi connectivity index (χ4v) is 5.73. The van der Waals surface area contributed by atoms with Gasteiger partial charge in [-0.1, -0.05) is 31.4 Å². The van der Waals surface area contributed by atoms with Gasteiger partial charge in [0.15, 0.2) is 0 Å². The van der Waals surface area contributed by atoms with Crippen LogP contribution in [0.15, 0.2) is 42.5 Å². The van der Waals surface area contributed by atoms with Gasteiger partial charge in [0, 0.05) is 18.1 Å². The highest BCUT2D eigenvalue weighted by atomic mass is 19.4. The molecule has 1 heterocycles. The van der Waals surface area contributed by atoms with Crippen molar-refractivity contribution in [3.63, 3.8) is 0 Å². The molecule has 1 saturated heterocycles. The molecule has 1 aliphatic heterocycles. The fourth-order valence-electron chi connectivity index (χ4n) is 5.73. The second-order valence-electron chi connectivity index (χ2n) is 9.51. The molecule has 2 aliphatic rings. The maximum atomic E-state index is 13.5. The average molecular weight is 469 g/mol. The van der Waals surface area contributed by atoms with Crippen LogP contribution in [-0.2, 0) is 16.6 Å². The Morgan fingerprint density at radius 2 is 1.64 bits per heavy atom. The third-order valence-corrected chi connectivity index (χ3v) is 7.14. The summed E-state index contributed by atoms with van der Waals surface area (Å²) in [5, 5.41) is 0. The van der Waals surface area contributed by atoms with E-state index >= 15 is 0 Å². The van der Waals surface area contributed by atoms with E-state index in [2.05, 4.69) is 4.74 Å². The SMILES string of the molecule is Fc1cc(F)cc(CCCC[C@@]2(c3cccc(OC(F)(F)F)c3)CCOC3(CCCC3)C2)c1. The minimum atomic E-state index is -4.74. The van der Waals surface area contributed by atoms with Gasteiger partial charge in [0.25, 0.3) is 0 Å². The second kappa shape index (κ2) is 9.61. The first-order valence-corrected chi connectivity index (χ1v) is 11.6. The van der Waals surface area contributed by atoms with Gasteiger partial charge >= 0.3 is 6.36 Å². The quantitative estimate of drug-likeness (QED) is 0.307. The molecular formula is C26H29F5O2. The number of benzene rings is 2. The Kier molecular flexibility index (Phi) is 6.99. The molecular weight excluding hydrogens is 439 g/mol. The monoisotopic (exact) mass is 468 g/mol. The molecule has 0 amide bonds. The highest BCUT2D eigenvalue weighted by Gasteiger charge is 2.47. The largest absolute Gasteiger partial charge is 0.573 e. The van der Waals surface area contributed by atoms with E-state index in [0.29, 0.717) is 18.6 Å². The van der Waals surface area contributed by atoms with Gasteiger partial charge in [-0.2, -0.15) is 0 Å². The highest BCUT2D eigenvalue weighted by Crippen LogP contribution is 2.51. The summed E-state index contributed by atoms with van der Waals surface area (Å²) < 4.78 is 75.9. The lowest BCUT2D eigenvalue weighted by Crippen LogP contribution is -2.46. The molecule has 0 unspecified atom stereocenters. The van der Waals surface area contributed by atoms with Crippen molar-refractivity contribution in [3.8, 4) is 5.75 Å². The predicted octanol–water partition coefficient (Wildman–Crippen LogP) is 7.64. The van der Waals surface area contributed by atoms with Gasteiger partial charge in [0.1, 0.15) is 17.4 Å². The third kappa shape index (κ3) is 6.05. The van der Waals surface area contributed by atoms with Crippen molar-refractivity contribution in [2.24, 2.45) is 0 Å².